The summed E-state index contributed by atoms with van der Waals surface area (Å²) in [4.78, 5) is 26.6. The number of nitrogens with zero attached hydrogens (tertiary/aromatic N) is 1. The molecule has 0 bridgehead atoms. The van der Waals surface area contributed by atoms with Gasteiger partial charge in [-0.1, -0.05) is 41.9 Å². The van der Waals surface area contributed by atoms with Crippen molar-refractivity contribution in [2.75, 3.05) is 18.9 Å². The van der Waals surface area contributed by atoms with E-state index in [1.54, 1.807) is 31.3 Å². The van der Waals surface area contributed by atoms with Gasteiger partial charge in [-0.2, -0.15) is 0 Å². The van der Waals surface area contributed by atoms with Crippen LogP contribution in [0, 0.1) is 0 Å². The van der Waals surface area contributed by atoms with Gasteiger partial charge < -0.3 is 10.2 Å². The lowest BCUT2D eigenvalue weighted by Crippen LogP contribution is -2.34. The third-order valence-corrected chi connectivity index (χ3v) is 4.95. The molecule has 4 nitrogen and oxygen atoms in total. The predicted molar refractivity (Wildman–Crippen MR) is 98.9 cm³/mol. The van der Waals surface area contributed by atoms with Gasteiger partial charge >= 0.3 is 0 Å². The first-order valence-electron chi connectivity index (χ1n) is 7.33. The molecule has 1 N–H and O–H groups in total. The Bertz CT molecular complexity index is 874. The molecule has 0 radical (unpaired) electrons. The van der Waals surface area contributed by atoms with Crippen molar-refractivity contribution < 1.29 is 9.59 Å². The van der Waals surface area contributed by atoms with Gasteiger partial charge in [-0.3, -0.25) is 9.59 Å². The van der Waals surface area contributed by atoms with Gasteiger partial charge in [0.1, 0.15) is 0 Å². The third kappa shape index (κ3) is 3.58. The van der Waals surface area contributed by atoms with Crippen LogP contribution in [0.2, 0.25) is 5.02 Å². The molecule has 0 aliphatic heterocycles. The lowest BCUT2D eigenvalue weighted by Gasteiger charge is -2.16. The minimum atomic E-state index is -0.292. The Morgan fingerprint density at radius 2 is 1.83 bits per heavy atom. The summed E-state index contributed by atoms with van der Waals surface area (Å²) < 4.78 is 1.05. The lowest BCUT2D eigenvalue weighted by atomic mass is 10.2. The highest BCUT2D eigenvalue weighted by molar-refractivity contribution is 7.20. The van der Waals surface area contributed by atoms with Gasteiger partial charge in [0.15, 0.2) is 0 Å². The molecule has 0 fully saturated rings. The Labute approximate surface area is 148 Å². The maximum Gasteiger partial charge on any atom is 0.264 e. The summed E-state index contributed by atoms with van der Waals surface area (Å²) in [6.07, 6.45) is 0. The highest BCUT2D eigenvalue weighted by atomic mass is 35.5. The topological polar surface area (TPSA) is 49.4 Å². The monoisotopic (exact) mass is 358 g/mol. The lowest BCUT2D eigenvalue weighted by molar-refractivity contribution is -0.116. The minimum absolute atomic E-state index is 0.0434. The van der Waals surface area contributed by atoms with Gasteiger partial charge in [-0.15, -0.1) is 11.3 Å². The highest BCUT2D eigenvalue weighted by Gasteiger charge is 2.17. The molecule has 0 spiro atoms. The van der Waals surface area contributed by atoms with Crippen LogP contribution in [0.5, 0.6) is 0 Å². The molecule has 3 aromatic rings. The summed E-state index contributed by atoms with van der Waals surface area (Å²) in [5.74, 6) is -0.467. The first-order chi connectivity index (χ1) is 11.5. The Kier molecular flexibility index (Phi) is 4.83. The van der Waals surface area contributed by atoms with Crippen LogP contribution in [0.15, 0.2) is 54.6 Å². The predicted octanol–water partition coefficient (Wildman–Crippen LogP) is 4.27. The molecule has 24 heavy (non-hydrogen) atoms. The van der Waals surface area contributed by atoms with Crippen LogP contribution in [0.3, 0.4) is 0 Å². The fourth-order valence-electron chi connectivity index (χ4n) is 2.31. The molecule has 3 rings (SSSR count). The molecule has 2 amide bonds. The zero-order valence-corrected chi connectivity index (χ0v) is 14.5. The molecule has 0 aliphatic rings. The first kappa shape index (κ1) is 16.5. The van der Waals surface area contributed by atoms with Crippen molar-refractivity contribution in [1.82, 2.24) is 4.90 Å². The van der Waals surface area contributed by atoms with Crippen molar-refractivity contribution in [2.24, 2.45) is 0 Å². The maximum atomic E-state index is 12.5. The van der Waals surface area contributed by atoms with E-state index in [9.17, 15) is 9.59 Å². The Balaban J connectivity index is 1.67. The van der Waals surface area contributed by atoms with E-state index >= 15 is 0 Å². The fourth-order valence-corrected chi connectivity index (χ4v) is 3.56. The van der Waals surface area contributed by atoms with E-state index in [2.05, 4.69) is 5.32 Å². The number of halogens is 1. The number of benzene rings is 2. The van der Waals surface area contributed by atoms with Crippen molar-refractivity contribution in [2.45, 2.75) is 0 Å². The number of hydrogen-bond donors (Lipinski definition) is 1. The quantitative estimate of drug-likeness (QED) is 0.757. The smallest absolute Gasteiger partial charge is 0.264 e. The average Bonchev–Trinajstić information content (AvgIpc) is 3.00. The van der Waals surface area contributed by atoms with E-state index in [0.717, 1.165) is 10.1 Å². The molecule has 0 aliphatic carbocycles. The molecule has 6 heteroatoms. The minimum Gasteiger partial charge on any atom is -0.332 e. The normalized spacial score (nSPS) is 10.6. The van der Waals surface area contributed by atoms with Crippen LogP contribution in [-0.2, 0) is 4.79 Å². The molecule has 0 saturated carbocycles. The second kappa shape index (κ2) is 7.03. The van der Waals surface area contributed by atoms with E-state index in [1.165, 1.54) is 16.2 Å². The summed E-state index contributed by atoms with van der Waals surface area (Å²) in [7, 11) is 1.61. The van der Waals surface area contributed by atoms with Crippen LogP contribution in [-0.4, -0.2) is 30.3 Å². The van der Waals surface area contributed by atoms with Gasteiger partial charge in [0.25, 0.3) is 5.91 Å². The average molecular weight is 359 g/mol. The van der Waals surface area contributed by atoms with Crippen LogP contribution >= 0.6 is 22.9 Å². The van der Waals surface area contributed by atoms with Gasteiger partial charge in [0.05, 0.1) is 22.1 Å². The van der Waals surface area contributed by atoms with Crippen LogP contribution in [0.1, 0.15) is 9.67 Å². The van der Waals surface area contributed by atoms with Gasteiger partial charge in [-0.05, 0) is 29.7 Å². The Morgan fingerprint density at radius 1 is 1.12 bits per heavy atom. The van der Waals surface area contributed by atoms with Gasteiger partial charge in [0.2, 0.25) is 5.91 Å². The number of hydrogen-bond acceptors (Lipinski definition) is 3. The zero-order chi connectivity index (χ0) is 17.1. The second-order valence-electron chi connectivity index (χ2n) is 5.34. The van der Waals surface area contributed by atoms with E-state index in [4.69, 9.17) is 11.6 Å². The van der Waals surface area contributed by atoms with E-state index in [1.807, 2.05) is 30.3 Å². The van der Waals surface area contributed by atoms with E-state index in [0.29, 0.717) is 15.6 Å². The van der Waals surface area contributed by atoms with Crippen LogP contribution in [0.4, 0.5) is 5.69 Å². The number of fused-ring (bicyclic) bond motifs is 1. The van der Waals surface area contributed by atoms with Crippen molar-refractivity contribution in [1.29, 1.82) is 0 Å². The molecule has 0 saturated heterocycles. The molecular formula is C18H15ClN2O2S. The number of anilines is 1. The van der Waals surface area contributed by atoms with Crippen molar-refractivity contribution >= 4 is 50.5 Å². The molecular weight excluding hydrogens is 344 g/mol. The SMILES string of the molecule is CN(CC(=O)Nc1ccccc1Cl)C(=O)c1cc2ccccc2s1. The van der Waals surface area contributed by atoms with Gasteiger partial charge in [0, 0.05) is 11.7 Å². The van der Waals surface area contributed by atoms with Gasteiger partial charge in [-0.25, -0.2) is 0 Å². The molecule has 0 unspecified atom stereocenters. The van der Waals surface area contributed by atoms with Crippen LogP contribution < -0.4 is 5.32 Å². The maximum absolute atomic E-state index is 12.5. The number of amides is 2. The molecule has 1 heterocycles. The summed E-state index contributed by atoms with van der Waals surface area (Å²) >= 11 is 7.44. The highest BCUT2D eigenvalue weighted by Crippen LogP contribution is 2.26. The number of likely N-dealkylation sites (N-methyl/N-ethyl adjacent to an activating group) is 1. The number of carbonyl (C=O) groups excluding carboxylic acids is 2. The standard InChI is InChI=1S/C18H15ClN2O2S/c1-21(11-17(22)20-14-8-4-3-7-13(14)19)18(23)16-10-12-6-2-5-9-15(12)24-16/h2-10H,11H2,1H3,(H,20,22). The molecule has 0 atom stereocenters. The summed E-state index contributed by atoms with van der Waals surface area (Å²) in [6.45, 7) is -0.0434. The first-order valence-corrected chi connectivity index (χ1v) is 8.52. The number of rotatable bonds is 4. The largest absolute Gasteiger partial charge is 0.332 e. The molecule has 122 valence electrons. The van der Waals surface area contributed by atoms with E-state index < -0.39 is 0 Å². The number of nitrogens with one attached hydrogen (secondary N) is 1. The van der Waals surface area contributed by atoms with Crippen molar-refractivity contribution in [3.8, 4) is 0 Å². The Hall–Kier alpha value is -2.37. The number of para-hydroxylation sites is 1. The molecule has 2 aromatic carbocycles. The van der Waals surface area contributed by atoms with Crippen molar-refractivity contribution in [3.05, 3.63) is 64.5 Å². The van der Waals surface area contributed by atoms with Crippen molar-refractivity contribution in [3.63, 3.8) is 0 Å². The third-order valence-electron chi connectivity index (χ3n) is 3.51. The summed E-state index contributed by atoms with van der Waals surface area (Å²) in [5.41, 5.74) is 0.534. The summed E-state index contributed by atoms with van der Waals surface area (Å²) in [6, 6.07) is 16.6. The zero-order valence-electron chi connectivity index (χ0n) is 13.0. The Morgan fingerprint density at radius 3 is 2.58 bits per heavy atom. The number of thiophene rings is 1. The fraction of sp³-hybridized carbons (Fsp3) is 0.111. The van der Waals surface area contributed by atoms with Crippen LogP contribution in [0.25, 0.3) is 10.1 Å². The molecule has 1 aromatic heterocycles. The number of carbonyl (C=O) groups is 2. The summed E-state index contributed by atoms with van der Waals surface area (Å²) in [5, 5.41) is 4.20. The second-order valence-corrected chi connectivity index (χ2v) is 6.83. The van der Waals surface area contributed by atoms with E-state index in [-0.39, 0.29) is 18.4 Å².